The van der Waals surface area contributed by atoms with Crippen molar-refractivity contribution < 1.29 is 9.68 Å². The molecule has 0 saturated heterocycles. The predicted octanol–water partition coefficient (Wildman–Crippen LogP) is 7.03. The van der Waals surface area contributed by atoms with E-state index in [1.807, 2.05) is 75.1 Å². The Kier molecular flexibility index (Phi) is 28.7. The van der Waals surface area contributed by atoms with Crippen LogP contribution in [0.2, 0.25) is 10.0 Å². The van der Waals surface area contributed by atoms with Gasteiger partial charge in [-0.05, 0) is 69.3 Å². The van der Waals surface area contributed by atoms with Crippen LogP contribution in [0.4, 0.5) is 0 Å². The molecule has 0 atom stereocenters. The molecule has 179 valence electrons. The van der Waals surface area contributed by atoms with Gasteiger partial charge in [0.1, 0.15) is 0 Å². The summed E-state index contributed by atoms with van der Waals surface area (Å²) in [6.07, 6.45) is 3.54. The van der Waals surface area contributed by atoms with Gasteiger partial charge in [0.2, 0.25) is 0 Å². The number of hydrogen-bond donors (Lipinski definition) is 3. The minimum atomic E-state index is 0.514. The number of alkyl halides is 1. The highest BCUT2D eigenvalue weighted by Crippen LogP contribution is 2.13. The van der Waals surface area contributed by atoms with Crippen molar-refractivity contribution >= 4 is 46.8 Å². The van der Waals surface area contributed by atoms with Crippen LogP contribution in [0.15, 0.2) is 72.0 Å². The van der Waals surface area contributed by atoms with Crippen molar-refractivity contribution in [1.82, 2.24) is 0 Å². The first-order valence-electron chi connectivity index (χ1n) is 9.82. The average molecular weight is 547 g/mol. The second-order valence-corrected chi connectivity index (χ2v) is 7.21. The van der Waals surface area contributed by atoms with E-state index in [0.717, 1.165) is 26.7 Å². The van der Waals surface area contributed by atoms with Crippen molar-refractivity contribution in [3.8, 4) is 0 Å². The van der Waals surface area contributed by atoms with E-state index >= 15 is 0 Å². The van der Waals surface area contributed by atoms with E-state index in [1.54, 1.807) is 0 Å². The lowest BCUT2D eigenvalue weighted by molar-refractivity contribution is 0.403. The van der Waals surface area contributed by atoms with E-state index in [2.05, 4.69) is 40.5 Å². The molecule has 32 heavy (non-hydrogen) atoms. The monoisotopic (exact) mass is 545 g/mol. The van der Waals surface area contributed by atoms with Crippen LogP contribution in [-0.2, 0) is 17.7 Å². The molecule has 0 heterocycles. The fourth-order valence-electron chi connectivity index (χ4n) is 1.49. The van der Waals surface area contributed by atoms with Crippen molar-refractivity contribution in [2.75, 3.05) is 5.83 Å². The summed E-state index contributed by atoms with van der Waals surface area (Å²) in [5, 5.41) is 9.42. The van der Waals surface area contributed by atoms with E-state index in [1.165, 1.54) is 11.8 Å². The first-order valence-corrected chi connectivity index (χ1v) is 12.2. The zero-order chi connectivity index (χ0) is 25.4. The summed E-state index contributed by atoms with van der Waals surface area (Å²) in [6.45, 7) is 11.0. The molecule has 0 fully saturated rings. The normalized spacial score (nSPS) is 8.25. The molecule has 0 aliphatic rings. The molecule has 8 heteroatoms. The van der Waals surface area contributed by atoms with E-state index < -0.39 is 0 Å². The lowest BCUT2D eigenvalue weighted by atomic mass is 10.2. The standard InChI is InChI=1S/2C7H8ClN.C5H10.C4H8BO2.CH3Br/c2*8-7-4-2-1-3-6(7)5-9;1-4-5(2)3;1-4(2)3-7-5-6;1-2/h2*1-4H,5,9H2;4H,1-3H3;3,6H,1-2H3;1H3. The summed E-state index contributed by atoms with van der Waals surface area (Å²) in [5.74, 6) is 1.81. The Morgan fingerprint density at radius 1 is 0.875 bits per heavy atom. The third kappa shape index (κ3) is 23.4. The number of halogens is 3. The zero-order valence-corrected chi connectivity index (χ0v) is 23.0. The molecule has 0 saturated carbocycles. The van der Waals surface area contributed by atoms with Gasteiger partial charge in [-0.3, -0.25) is 0 Å². The van der Waals surface area contributed by atoms with E-state index in [-0.39, 0.29) is 0 Å². The highest BCUT2D eigenvalue weighted by atomic mass is 79.9. The van der Waals surface area contributed by atoms with Crippen LogP contribution in [0.1, 0.15) is 45.7 Å². The third-order valence-corrected chi connectivity index (χ3v) is 4.03. The molecule has 0 aliphatic carbocycles. The van der Waals surface area contributed by atoms with Gasteiger partial charge in [0.25, 0.3) is 0 Å². The molecule has 0 aromatic heterocycles. The molecular weight excluding hydrogens is 510 g/mol. The number of rotatable bonds is 4. The zero-order valence-electron chi connectivity index (χ0n) is 19.9. The van der Waals surface area contributed by atoms with Crippen molar-refractivity contribution in [3.63, 3.8) is 0 Å². The second-order valence-electron chi connectivity index (χ2n) is 6.39. The highest BCUT2D eigenvalue weighted by Gasteiger charge is 1.92. The Labute approximate surface area is 214 Å². The SMILES string of the molecule is CBr.CC(C)=CO[B]O.CC=C(C)C.NCc1ccccc1Cl.NCc1ccccc1Cl. The second kappa shape index (κ2) is 26.0. The van der Waals surface area contributed by atoms with Crippen LogP contribution < -0.4 is 11.5 Å². The number of nitrogens with two attached hydrogens (primary N) is 2. The Morgan fingerprint density at radius 3 is 1.38 bits per heavy atom. The van der Waals surface area contributed by atoms with Crippen molar-refractivity contribution in [1.29, 1.82) is 0 Å². The van der Waals surface area contributed by atoms with Gasteiger partial charge in [0.15, 0.2) is 0 Å². The van der Waals surface area contributed by atoms with Gasteiger partial charge in [-0.2, -0.15) is 0 Å². The molecule has 2 aromatic carbocycles. The fraction of sp³-hybridized carbons (Fsp3) is 0.333. The van der Waals surface area contributed by atoms with Gasteiger partial charge in [-0.25, -0.2) is 0 Å². The molecule has 2 rings (SSSR count). The van der Waals surface area contributed by atoms with Crippen LogP contribution in [0.3, 0.4) is 0 Å². The molecule has 2 aromatic rings. The molecule has 5 N–H and O–H groups in total. The number of hydrogen-bond acceptors (Lipinski definition) is 4. The maximum atomic E-state index is 7.92. The predicted molar refractivity (Wildman–Crippen MR) is 147 cm³/mol. The van der Waals surface area contributed by atoms with Crippen molar-refractivity contribution in [3.05, 3.63) is 93.2 Å². The Bertz CT molecular complexity index is 707. The summed E-state index contributed by atoms with van der Waals surface area (Å²) in [5.41, 5.74) is 15.1. The molecule has 1 radical (unpaired) electrons. The highest BCUT2D eigenvalue weighted by molar-refractivity contribution is 9.08. The first kappa shape index (κ1) is 35.3. The average Bonchev–Trinajstić information content (AvgIpc) is 2.81. The van der Waals surface area contributed by atoms with E-state index in [9.17, 15) is 0 Å². The largest absolute Gasteiger partial charge is 0.569 e. The van der Waals surface area contributed by atoms with E-state index in [0.29, 0.717) is 20.8 Å². The Hall–Kier alpha value is -1.28. The Balaban J connectivity index is -0.000000349. The summed E-state index contributed by atoms with van der Waals surface area (Å²) < 4.78 is 4.36. The van der Waals surface area contributed by atoms with Crippen LogP contribution in [0, 0.1) is 0 Å². The van der Waals surface area contributed by atoms with Crippen LogP contribution in [-0.4, -0.2) is 18.5 Å². The van der Waals surface area contributed by atoms with Crippen molar-refractivity contribution in [2.24, 2.45) is 11.5 Å². The molecule has 0 spiro atoms. The summed E-state index contributed by atoms with van der Waals surface area (Å²) in [4.78, 5) is 0. The van der Waals surface area contributed by atoms with Crippen LogP contribution >= 0.6 is 39.1 Å². The van der Waals surface area contributed by atoms with Gasteiger partial charge < -0.3 is 21.1 Å². The summed E-state index contributed by atoms with van der Waals surface area (Å²) in [6, 6.07) is 15.1. The molecule has 4 nitrogen and oxygen atoms in total. The van der Waals surface area contributed by atoms with Gasteiger partial charge in [0.05, 0.1) is 6.26 Å². The van der Waals surface area contributed by atoms with Crippen LogP contribution in [0.25, 0.3) is 0 Å². The number of allylic oxidation sites excluding steroid dienone is 3. The third-order valence-electron chi connectivity index (χ3n) is 3.30. The Morgan fingerprint density at radius 2 is 1.22 bits per heavy atom. The topological polar surface area (TPSA) is 81.5 Å². The van der Waals surface area contributed by atoms with Crippen LogP contribution in [0.5, 0.6) is 0 Å². The van der Waals surface area contributed by atoms with Gasteiger partial charge in [-0.15, -0.1) is 0 Å². The minimum absolute atomic E-state index is 0.514. The van der Waals surface area contributed by atoms with Gasteiger partial charge >= 0.3 is 7.69 Å². The van der Waals surface area contributed by atoms with Crippen molar-refractivity contribution in [2.45, 2.75) is 47.7 Å². The minimum Gasteiger partial charge on any atom is -0.543 e. The summed E-state index contributed by atoms with van der Waals surface area (Å²) >= 11 is 14.4. The van der Waals surface area contributed by atoms with Gasteiger partial charge in [-0.1, -0.05) is 87.2 Å². The lowest BCUT2D eigenvalue weighted by Crippen LogP contribution is -1.95. The quantitative estimate of drug-likeness (QED) is 0.166. The first-order chi connectivity index (χ1) is 15.2. The van der Waals surface area contributed by atoms with Gasteiger partial charge in [0, 0.05) is 23.1 Å². The molecule has 0 aliphatic heterocycles. The lowest BCUT2D eigenvalue weighted by Gasteiger charge is -1.96. The summed E-state index contributed by atoms with van der Waals surface area (Å²) in [7, 11) is 0.646. The maximum absolute atomic E-state index is 7.92. The molecular formula is C24H37BBrCl2N2O2. The smallest absolute Gasteiger partial charge is 0.543 e. The number of benzene rings is 2. The molecule has 0 amide bonds. The fourth-order valence-corrected chi connectivity index (χ4v) is 1.92. The van der Waals surface area contributed by atoms with E-state index in [4.69, 9.17) is 39.7 Å². The molecule has 0 bridgehead atoms. The molecule has 0 unspecified atom stereocenters. The maximum Gasteiger partial charge on any atom is 0.569 e.